The fourth-order valence-corrected chi connectivity index (χ4v) is 3.88. The molecule has 3 heterocycles. The van der Waals surface area contributed by atoms with E-state index < -0.39 is 11.8 Å². The Bertz CT molecular complexity index is 468. The third-order valence-electron chi connectivity index (χ3n) is 3.36. The topological polar surface area (TPSA) is 59.6 Å². The highest BCUT2D eigenvalue weighted by atomic mass is 79.9. The van der Waals surface area contributed by atoms with E-state index in [9.17, 15) is 4.79 Å². The molecular formula is C12H15BrN2O3S. The lowest BCUT2D eigenvalue weighted by atomic mass is 10.1. The van der Waals surface area contributed by atoms with Crippen LogP contribution in [0.2, 0.25) is 0 Å². The van der Waals surface area contributed by atoms with Crippen LogP contribution in [0.4, 0.5) is 0 Å². The van der Waals surface area contributed by atoms with E-state index in [4.69, 9.17) is 9.47 Å². The SMILES string of the molecule is O=C(NCc1cc(Br)cs1)[C@H]1NCCC12OCCO2. The van der Waals surface area contributed by atoms with Crippen LogP contribution in [0.15, 0.2) is 15.9 Å². The maximum absolute atomic E-state index is 12.2. The number of hydrogen-bond donors (Lipinski definition) is 2. The Kier molecular flexibility index (Phi) is 3.91. The molecule has 7 heteroatoms. The molecule has 2 aliphatic heterocycles. The van der Waals surface area contributed by atoms with E-state index in [2.05, 4.69) is 26.6 Å². The van der Waals surface area contributed by atoms with E-state index >= 15 is 0 Å². The number of ether oxygens (including phenoxy) is 2. The first-order chi connectivity index (χ1) is 9.20. The molecule has 0 aliphatic carbocycles. The summed E-state index contributed by atoms with van der Waals surface area (Å²) < 4.78 is 12.3. The Labute approximate surface area is 123 Å². The molecule has 0 saturated carbocycles. The Hall–Kier alpha value is -0.470. The molecule has 1 amide bonds. The summed E-state index contributed by atoms with van der Waals surface area (Å²) in [5.74, 6) is -0.816. The van der Waals surface area contributed by atoms with Crippen molar-refractivity contribution in [2.24, 2.45) is 0 Å². The van der Waals surface area contributed by atoms with Crippen molar-refractivity contribution >= 4 is 33.2 Å². The second kappa shape index (κ2) is 5.49. The van der Waals surface area contributed by atoms with Crippen molar-refractivity contribution in [1.29, 1.82) is 0 Å². The molecular weight excluding hydrogens is 332 g/mol. The summed E-state index contributed by atoms with van der Waals surface area (Å²) in [6.07, 6.45) is 0.718. The number of carbonyl (C=O) groups excluding carboxylic acids is 1. The monoisotopic (exact) mass is 346 g/mol. The summed E-state index contributed by atoms with van der Waals surface area (Å²) >= 11 is 5.01. The van der Waals surface area contributed by atoms with Crippen LogP contribution in [0.3, 0.4) is 0 Å². The summed E-state index contributed by atoms with van der Waals surface area (Å²) in [4.78, 5) is 13.4. The van der Waals surface area contributed by atoms with Gasteiger partial charge >= 0.3 is 0 Å². The van der Waals surface area contributed by atoms with Gasteiger partial charge in [0.1, 0.15) is 6.04 Å². The van der Waals surface area contributed by atoms with Gasteiger partial charge in [0.25, 0.3) is 0 Å². The van der Waals surface area contributed by atoms with Gasteiger partial charge in [-0.05, 0) is 22.0 Å². The van der Waals surface area contributed by atoms with E-state index in [1.54, 1.807) is 11.3 Å². The highest BCUT2D eigenvalue weighted by Gasteiger charge is 2.51. The Morgan fingerprint density at radius 2 is 2.37 bits per heavy atom. The lowest BCUT2D eigenvalue weighted by Gasteiger charge is -2.27. The molecule has 1 aromatic heterocycles. The zero-order chi connectivity index (χ0) is 13.3. The van der Waals surface area contributed by atoms with Crippen LogP contribution in [0.25, 0.3) is 0 Å². The number of hydrogen-bond acceptors (Lipinski definition) is 5. The van der Waals surface area contributed by atoms with Crippen LogP contribution in [-0.2, 0) is 20.8 Å². The standard InChI is InChI=1S/C12H15BrN2O3S/c13-8-5-9(19-7-8)6-15-11(16)10-12(1-2-14-10)17-3-4-18-12/h5,7,10,14H,1-4,6H2,(H,15,16)/t10-/m1/s1. The van der Waals surface area contributed by atoms with Crippen molar-refractivity contribution in [3.8, 4) is 0 Å². The van der Waals surface area contributed by atoms with Crippen molar-refractivity contribution in [3.05, 3.63) is 20.8 Å². The van der Waals surface area contributed by atoms with E-state index in [1.165, 1.54) is 0 Å². The van der Waals surface area contributed by atoms with Gasteiger partial charge in [-0.15, -0.1) is 11.3 Å². The van der Waals surface area contributed by atoms with Gasteiger partial charge < -0.3 is 20.1 Å². The molecule has 3 rings (SSSR count). The average Bonchev–Trinajstić information content (AvgIpc) is 3.10. The number of nitrogens with one attached hydrogen (secondary N) is 2. The molecule has 0 aromatic carbocycles. The molecule has 1 aromatic rings. The van der Waals surface area contributed by atoms with Gasteiger partial charge in [-0.25, -0.2) is 0 Å². The Balaban J connectivity index is 1.60. The summed E-state index contributed by atoms with van der Waals surface area (Å²) in [5, 5.41) is 8.10. The molecule has 104 valence electrons. The number of rotatable bonds is 3. The van der Waals surface area contributed by atoms with E-state index in [1.807, 2.05) is 11.4 Å². The fourth-order valence-electron chi connectivity index (χ4n) is 2.49. The van der Waals surface area contributed by atoms with Crippen LogP contribution in [-0.4, -0.2) is 37.5 Å². The molecule has 0 radical (unpaired) electrons. The van der Waals surface area contributed by atoms with Crippen molar-refractivity contribution < 1.29 is 14.3 Å². The summed E-state index contributed by atoms with van der Waals surface area (Å²) in [6.45, 7) is 2.39. The molecule has 2 N–H and O–H groups in total. The van der Waals surface area contributed by atoms with Gasteiger partial charge in [0.15, 0.2) is 5.79 Å². The maximum Gasteiger partial charge on any atom is 0.243 e. The molecule has 2 aliphatic rings. The van der Waals surface area contributed by atoms with Crippen LogP contribution < -0.4 is 10.6 Å². The quantitative estimate of drug-likeness (QED) is 0.864. The van der Waals surface area contributed by atoms with Gasteiger partial charge in [-0.3, -0.25) is 4.79 Å². The Morgan fingerprint density at radius 1 is 1.58 bits per heavy atom. The third-order valence-corrected chi connectivity index (χ3v) is 5.06. The van der Waals surface area contributed by atoms with Gasteiger partial charge in [0.2, 0.25) is 5.91 Å². The third kappa shape index (κ3) is 2.71. The lowest BCUT2D eigenvalue weighted by molar-refractivity contribution is -0.171. The average molecular weight is 347 g/mol. The van der Waals surface area contributed by atoms with E-state index in [0.29, 0.717) is 19.8 Å². The summed E-state index contributed by atoms with van der Waals surface area (Å²) in [5.41, 5.74) is 0. The van der Waals surface area contributed by atoms with Gasteiger partial charge in [0, 0.05) is 27.7 Å². The second-order valence-electron chi connectivity index (χ2n) is 4.59. The minimum atomic E-state index is -0.750. The zero-order valence-electron chi connectivity index (χ0n) is 10.3. The van der Waals surface area contributed by atoms with Crippen molar-refractivity contribution in [3.63, 3.8) is 0 Å². The predicted octanol–water partition coefficient (Wildman–Crippen LogP) is 1.23. The fraction of sp³-hybridized carbons (Fsp3) is 0.583. The molecule has 0 bridgehead atoms. The maximum atomic E-state index is 12.2. The largest absolute Gasteiger partial charge is 0.350 e. The van der Waals surface area contributed by atoms with Crippen LogP contribution in [0, 0.1) is 0 Å². The summed E-state index contributed by atoms with van der Waals surface area (Å²) in [7, 11) is 0. The van der Waals surface area contributed by atoms with Gasteiger partial charge in [-0.1, -0.05) is 0 Å². The highest BCUT2D eigenvalue weighted by molar-refractivity contribution is 9.10. The van der Waals surface area contributed by atoms with Crippen molar-refractivity contribution in [2.45, 2.75) is 24.8 Å². The van der Waals surface area contributed by atoms with Crippen molar-refractivity contribution in [1.82, 2.24) is 10.6 Å². The first-order valence-corrected chi connectivity index (χ1v) is 7.89. The first kappa shape index (κ1) is 13.5. The van der Waals surface area contributed by atoms with Crippen LogP contribution in [0.5, 0.6) is 0 Å². The number of halogens is 1. The van der Waals surface area contributed by atoms with Gasteiger partial charge in [0.05, 0.1) is 19.8 Å². The minimum absolute atomic E-state index is 0.0658. The molecule has 1 spiro atoms. The molecule has 19 heavy (non-hydrogen) atoms. The number of carbonyl (C=O) groups is 1. The Morgan fingerprint density at radius 3 is 3.05 bits per heavy atom. The number of amides is 1. The summed E-state index contributed by atoms with van der Waals surface area (Å²) in [6, 6.07) is 1.59. The minimum Gasteiger partial charge on any atom is -0.350 e. The number of thiophene rings is 1. The van der Waals surface area contributed by atoms with Crippen LogP contribution >= 0.6 is 27.3 Å². The smallest absolute Gasteiger partial charge is 0.243 e. The molecule has 2 saturated heterocycles. The first-order valence-electron chi connectivity index (χ1n) is 6.21. The molecule has 5 nitrogen and oxygen atoms in total. The zero-order valence-corrected chi connectivity index (χ0v) is 12.7. The highest BCUT2D eigenvalue weighted by Crippen LogP contribution is 2.31. The van der Waals surface area contributed by atoms with E-state index in [0.717, 1.165) is 22.3 Å². The van der Waals surface area contributed by atoms with Gasteiger partial charge in [-0.2, -0.15) is 0 Å². The molecule has 0 unspecified atom stereocenters. The van der Waals surface area contributed by atoms with Crippen molar-refractivity contribution in [2.75, 3.05) is 19.8 Å². The second-order valence-corrected chi connectivity index (χ2v) is 6.51. The predicted molar refractivity (Wildman–Crippen MR) is 74.9 cm³/mol. The lowest BCUT2D eigenvalue weighted by Crippen LogP contribution is -2.53. The van der Waals surface area contributed by atoms with E-state index in [-0.39, 0.29) is 5.91 Å². The molecule has 1 atom stereocenters. The molecule has 2 fully saturated rings. The normalized spacial score (nSPS) is 25.0. The van der Waals surface area contributed by atoms with Crippen LogP contribution in [0.1, 0.15) is 11.3 Å².